The summed E-state index contributed by atoms with van der Waals surface area (Å²) in [5.74, 6) is 0.582. The van der Waals surface area contributed by atoms with Crippen molar-refractivity contribution in [3.8, 4) is 0 Å². The first-order valence-corrected chi connectivity index (χ1v) is 6.57. The molecule has 1 aromatic carbocycles. The van der Waals surface area contributed by atoms with Crippen molar-refractivity contribution in [2.24, 2.45) is 0 Å². The van der Waals surface area contributed by atoms with Crippen molar-refractivity contribution in [1.82, 2.24) is 15.2 Å². The van der Waals surface area contributed by atoms with Crippen molar-refractivity contribution in [3.05, 3.63) is 47.0 Å². The minimum absolute atomic E-state index is 0.582. The molecule has 0 aliphatic rings. The molecule has 0 saturated heterocycles. The standard InChI is InChI=1S/C12H17Cl.C2H3N3/c1-4-5-10(3)11-7-6-9(2)8-12(11)13;1-3-2-5-4-1/h6-8,10H,4-5H2,1-3H3;1-2H,(H,3,4,5). The van der Waals surface area contributed by atoms with Crippen LogP contribution >= 0.6 is 11.6 Å². The van der Waals surface area contributed by atoms with Crippen LogP contribution in [0.1, 0.15) is 43.7 Å². The van der Waals surface area contributed by atoms with E-state index in [-0.39, 0.29) is 0 Å². The summed E-state index contributed by atoms with van der Waals surface area (Å²) < 4.78 is 0. The zero-order valence-electron chi connectivity index (χ0n) is 11.2. The van der Waals surface area contributed by atoms with Gasteiger partial charge in [-0.05, 0) is 36.5 Å². The van der Waals surface area contributed by atoms with Crippen LogP contribution in [0.15, 0.2) is 30.9 Å². The van der Waals surface area contributed by atoms with E-state index in [4.69, 9.17) is 11.6 Å². The molecule has 0 fully saturated rings. The zero-order valence-corrected chi connectivity index (χ0v) is 11.9. The molecule has 1 N–H and O–H groups in total. The number of hydrogen-bond donors (Lipinski definition) is 1. The van der Waals surface area contributed by atoms with Crippen LogP contribution in [0, 0.1) is 6.92 Å². The van der Waals surface area contributed by atoms with Gasteiger partial charge >= 0.3 is 0 Å². The van der Waals surface area contributed by atoms with Gasteiger partial charge in [-0.25, -0.2) is 4.98 Å². The van der Waals surface area contributed by atoms with Crippen LogP contribution in [-0.4, -0.2) is 15.2 Å². The first-order valence-electron chi connectivity index (χ1n) is 6.20. The summed E-state index contributed by atoms with van der Waals surface area (Å²) in [4.78, 5) is 3.56. The molecule has 3 nitrogen and oxygen atoms in total. The fourth-order valence-corrected chi connectivity index (χ4v) is 2.21. The molecule has 2 aromatic rings. The van der Waals surface area contributed by atoms with E-state index < -0.39 is 0 Å². The van der Waals surface area contributed by atoms with E-state index in [1.165, 1.54) is 36.6 Å². The van der Waals surface area contributed by atoms with Crippen molar-refractivity contribution >= 4 is 11.6 Å². The molecule has 98 valence electrons. The summed E-state index contributed by atoms with van der Waals surface area (Å²) >= 11 is 6.16. The smallest absolute Gasteiger partial charge is 0.137 e. The lowest BCUT2D eigenvalue weighted by Crippen LogP contribution is -1.94. The highest BCUT2D eigenvalue weighted by Gasteiger charge is 2.07. The quantitative estimate of drug-likeness (QED) is 0.896. The highest BCUT2D eigenvalue weighted by Crippen LogP contribution is 2.28. The average molecular weight is 266 g/mol. The Kier molecular flexibility index (Phi) is 6.44. The number of H-pyrrole nitrogens is 1. The van der Waals surface area contributed by atoms with E-state index in [2.05, 4.69) is 48.1 Å². The molecule has 1 heterocycles. The second-order valence-corrected chi connectivity index (χ2v) is 4.77. The topological polar surface area (TPSA) is 41.6 Å². The summed E-state index contributed by atoms with van der Waals surface area (Å²) in [7, 11) is 0. The number of hydrogen-bond acceptors (Lipinski definition) is 2. The van der Waals surface area contributed by atoms with Crippen LogP contribution in [-0.2, 0) is 0 Å². The van der Waals surface area contributed by atoms with Gasteiger partial charge in [-0.2, -0.15) is 5.10 Å². The van der Waals surface area contributed by atoms with E-state index in [0.29, 0.717) is 5.92 Å². The van der Waals surface area contributed by atoms with Gasteiger partial charge in [0.15, 0.2) is 0 Å². The van der Waals surface area contributed by atoms with Crippen molar-refractivity contribution in [3.63, 3.8) is 0 Å². The van der Waals surface area contributed by atoms with Gasteiger partial charge in [-0.15, -0.1) is 0 Å². The van der Waals surface area contributed by atoms with Crippen LogP contribution < -0.4 is 0 Å². The summed E-state index contributed by atoms with van der Waals surface area (Å²) in [6.07, 6.45) is 5.38. The average Bonchev–Trinajstić information content (AvgIpc) is 2.87. The third kappa shape index (κ3) is 4.88. The number of aromatic amines is 1. The number of aryl methyl sites for hydroxylation is 1. The van der Waals surface area contributed by atoms with Crippen LogP contribution in [0.2, 0.25) is 5.02 Å². The predicted octanol–water partition coefficient (Wildman–Crippen LogP) is 4.36. The highest BCUT2D eigenvalue weighted by atomic mass is 35.5. The highest BCUT2D eigenvalue weighted by molar-refractivity contribution is 6.31. The molecule has 0 bridgehead atoms. The fraction of sp³-hybridized carbons (Fsp3) is 0.429. The van der Waals surface area contributed by atoms with Gasteiger partial charge in [0.25, 0.3) is 0 Å². The SMILES string of the molecule is CCCC(C)c1ccc(C)cc1Cl.c1nc[nH]n1. The van der Waals surface area contributed by atoms with Crippen LogP contribution in [0.3, 0.4) is 0 Å². The Morgan fingerprint density at radius 2 is 2.17 bits per heavy atom. The minimum atomic E-state index is 0.582. The Morgan fingerprint density at radius 3 is 2.61 bits per heavy atom. The molecule has 0 saturated carbocycles. The number of nitrogens with zero attached hydrogens (tertiary/aromatic N) is 2. The molecule has 0 spiro atoms. The monoisotopic (exact) mass is 265 g/mol. The van der Waals surface area contributed by atoms with E-state index in [1.807, 2.05) is 6.07 Å². The van der Waals surface area contributed by atoms with Crippen LogP contribution in [0.25, 0.3) is 0 Å². The molecule has 1 aromatic heterocycles. The Bertz CT molecular complexity index is 423. The normalized spacial score (nSPS) is 11.6. The summed E-state index contributed by atoms with van der Waals surface area (Å²) in [5, 5.41) is 6.90. The van der Waals surface area contributed by atoms with Crippen LogP contribution in [0.5, 0.6) is 0 Å². The van der Waals surface area contributed by atoms with Crippen molar-refractivity contribution in [2.75, 3.05) is 0 Å². The van der Waals surface area contributed by atoms with Gasteiger partial charge in [0, 0.05) is 5.02 Å². The van der Waals surface area contributed by atoms with Gasteiger partial charge in [0.05, 0.1) is 0 Å². The summed E-state index contributed by atoms with van der Waals surface area (Å²) in [5.41, 5.74) is 2.52. The van der Waals surface area contributed by atoms with Gasteiger partial charge < -0.3 is 0 Å². The number of nitrogens with one attached hydrogen (secondary N) is 1. The first-order chi connectivity index (χ1) is 8.65. The van der Waals surface area contributed by atoms with Crippen molar-refractivity contribution < 1.29 is 0 Å². The van der Waals surface area contributed by atoms with Gasteiger partial charge in [0.2, 0.25) is 0 Å². The van der Waals surface area contributed by atoms with Gasteiger partial charge in [-0.3, -0.25) is 5.10 Å². The largest absolute Gasteiger partial charge is 0.266 e. The Balaban J connectivity index is 0.000000269. The maximum Gasteiger partial charge on any atom is 0.137 e. The molecular weight excluding hydrogens is 246 g/mol. The second-order valence-electron chi connectivity index (χ2n) is 4.37. The summed E-state index contributed by atoms with van der Waals surface area (Å²) in [6.45, 7) is 6.51. The molecular formula is C14H20ClN3. The number of rotatable bonds is 3. The first kappa shape index (κ1) is 14.7. The summed E-state index contributed by atoms with van der Waals surface area (Å²) in [6, 6.07) is 6.33. The van der Waals surface area contributed by atoms with E-state index >= 15 is 0 Å². The molecule has 18 heavy (non-hydrogen) atoms. The molecule has 0 amide bonds. The molecule has 2 rings (SSSR count). The number of halogens is 1. The molecule has 1 atom stereocenters. The zero-order chi connectivity index (χ0) is 13.4. The molecule has 4 heteroatoms. The Hall–Kier alpha value is -1.35. The fourth-order valence-electron chi connectivity index (χ4n) is 1.79. The van der Waals surface area contributed by atoms with Gasteiger partial charge in [-0.1, -0.05) is 44.0 Å². The third-order valence-electron chi connectivity index (χ3n) is 2.74. The van der Waals surface area contributed by atoms with Crippen LogP contribution in [0.4, 0.5) is 0 Å². The Morgan fingerprint density at radius 1 is 1.39 bits per heavy atom. The maximum absolute atomic E-state index is 6.16. The predicted molar refractivity (Wildman–Crippen MR) is 75.9 cm³/mol. The lowest BCUT2D eigenvalue weighted by atomic mass is 9.96. The lowest BCUT2D eigenvalue weighted by Gasteiger charge is -2.12. The van der Waals surface area contributed by atoms with E-state index in [0.717, 1.165) is 5.02 Å². The Labute approximate surface area is 114 Å². The van der Waals surface area contributed by atoms with Crippen molar-refractivity contribution in [1.29, 1.82) is 0 Å². The van der Waals surface area contributed by atoms with E-state index in [9.17, 15) is 0 Å². The molecule has 0 aliphatic carbocycles. The van der Waals surface area contributed by atoms with Gasteiger partial charge in [0.1, 0.15) is 12.7 Å². The number of benzene rings is 1. The number of aromatic nitrogens is 3. The second kappa shape index (κ2) is 7.88. The van der Waals surface area contributed by atoms with E-state index in [1.54, 1.807) is 0 Å². The lowest BCUT2D eigenvalue weighted by molar-refractivity contribution is 0.665. The van der Waals surface area contributed by atoms with Crippen molar-refractivity contribution in [2.45, 2.75) is 39.5 Å². The third-order valence-corrected chi connectivity index (χ3v) is 3.07. The minimum Gasteiger partial charge on any atom is -0.266 e. The maximum atomic E-state index is 6.16. The molecule has 1 unspecified atom stereocenters. The molecule has 0 aliphatic heterocycles. The molecule has 0 radical (unpaired) electrons.